The molecular weight excluding hydrogens is 633 g/mol. The molecule has 9 heteroatoms. The molecule has 0 saturated heterocycles. The number of para-hydroxylation sites is 2. The molecule has 238 valence electrons. The lowest BCUT2D eigenvalue weighted by molar-refractivity contribution is 0.665. The number of fused-ring (bicyclic) bond motifs is 9. The molecule has 0 atom stereocenters. The molecule has 4 aromatic carbocycles. The Kier molecular flexibility index (Phi) is 5.76. The first kappa shape index (κ1) is 27.7. The molecule has 0 radical (unpaired) electrons. The summed E-state index contributed by atoms with van der Waals surface area (Å²) in [5.41, 5.74) is 11.4. The number of pyridine rings is 2. The molecule has 0 aliphatic heterocycles. The lowest BCUT2D eigenvalue weighted by atomic mass is 10.0. The molecule has 0 N–H and O–H groups in total. The van der Waals surface area contributed by atoms with Crippen molar-refractivity contribution < 1.29 is 4.42 Å². The van der Waals surface area contributed by atoms with Crippen molar-refractivity contribution in [3.8, 4) is 33.9 Å². The standard InChI is InChI=1S/C42H24N8O/c1-3-7-27(8-4-1)49-37-15-25(11-13-29(37)33-19-45-47-21-39(33)49)35-17-31-32-18-36(44-24-42(32)51-41(31)23-43-35)26-12-14-30-34-20-46-48-22-40(34)50(38(30)16-26)28-9-5-2-6-10-28/h1-24H. The third kappa shape index (κ3) is 4.15. The van der Waals surface area contributed by atoms with Crippen molar-refractivity contribution in [2.24, 2.45) is 0 Å². The van der Waals surface area contributed by atoms with Gasteiger partial charge in [0.15, 0.2) is 11.2 Å². The monoisotopic (exact) mass is 656 g/mol. The van der Waals surface area contributed by atoms with E-state index >= 15 is 0 Å². The van der Waals surface area contributed by atoms with Gasteiger partial charge in [-0.25, -0.2) is 0 Å². The fourth-order valence-corrected chi connectivity index (χ4v) is 7.48. The van der Waals surface area contributed by atoms with Crippen molar-refractivity contribution >= 4 is 65.6 Å². The lowest BCUT2D eigenvalue weighted by Gasteiger charge is -2.08. The largest absolute Gasteiger partial charge is 0.453 e. The number of hydrogen-bond acceptors (Lipinski definition) is 7. The zero-order chi connectivity index (χ0) is 33.5. The Morgan fingerprint density at radius 3 is 1.29 bits per heavy atom. The van der Waals surface area contributed by atoms with Crippen LogP contribution in [0, 0.1) is 0 Å². The van der Waals surface area contributed by atoms with Crippen LogP contribution in [-0.2, 0) is 0 Å². The number of benzene rings is 4. The second-order valence-electron chi connectivity index (χ2n) is 12.6. The predicted molar refractivity (Wildman–Crippen MR) is 200 cm³/mol. The first-order valence-corrected chi connectivity index (χ1v) is 16.6. The van der Waals surface area contributed by atoms with Crippen LogP contribution in [0.25, 0.3) is 99.4 Å². The maximum Gasteiger partial charge on any atom is 0.153 e. The minimum atomic E-state index is 0.712. The van der Waals surface area contributed by atoms with Crippen LogP contribution in [0.3, 0.4) is 0 Å². The van der Waals surface area contributed by atoms with Crippen molar-refractivity contribution in [2.75, 3.05) is 0 Å². The third-order valence-electron chi connectivity index (χ3n) is 9.82. The molecular formula is C42H24N8O. The van der Waals surface area contributed by atoms with Crippen LogP contribution in [0.1, 0.15) is 0 Å². The molecule has 51 heavy (non-hydrogen) atoms. The molecule has 11 rings (SSSR count). The van der Waals surface area contributed by atoms with Gasteiger partial charge in [0.05, 0.1) is 70.6 Å². The molecule has 0 aliphatic rings. The first-order chi connectivity index (χ1) is 25.3. The number of rotatable bonds is 4. The molecule has 0 saturated carbocycles. The summed E-state index contributed by atoms with van der Waals surface area (Å²) in [4.78, 5) is 9.70. The smallest absolute Gasteiger partial charge is 0.153 e. The first-order valence-electron chi connectivity index (χ1n) is 16.6. The van der Waals surface area contributed by atoms with Crippen LogP contribution >= 0.6 is 0 Å². The van der Waals surface area contributed by atoms with E-state index in [-0.39, 0.29) is 0 Å². The van der Waals surface area contributed by atoms with Gasteiger partial charge in [0.2, 0.25) is 0 Å². The van der Waals surface area contributed by atoms with Gasteiger partial charge in [-0.1, -0.05) is 60.7 Å². The average molecular weight is 657 g/mol. The molecule has 0 spiro atoms. The molecule has 0 unspecified atom stereocenters. The van der Waals surface area contributed by atoms with Crippen molar-refractivity contribution in [3.05, 3.63) is 146 Å². The fourth-order valence-electron chi connectivity index (χ4n) is 7.48. The molecule has 7 heterocycles. The summed E-state index contributed by atoms with van der Waals surface area (Å²) in [6.07, 6.45) is 10.9. The van der Waals surface area contributed by atoms with Gasteiger partial charge in [0.25, 0.3) is 0 Å². The zero-order valence-electron chi connectivity index (χ0n) is 26.8. The summed E-state index contributed by atoms with van der Waals surface area (Å²) in [6, 6.07) is 37.8. The van der Waals surface area contributed by atoms with E-state index in [2.05, 4.69) is 102 Å². The maximum atomic E-state index is 6.25. The second-order valence-corrected chi connectivity index (χ2v) is 12.6. The summed E-state index contributed by atoms with van der Waals surface area (Å²) in [5, 5.41) is 23.0. The van der Waals surface area contributed by atoms with Crippen molar-refractivity contribution in [2.45, 2.75) is 0 Å². The topological polar surface area (TPSA) is 100 Å². The minimum absolute atomic E-state index is 0.712. The fraction of sp³-hybridized carbons (Fsp3) is 0. The van der Waals surface area contributed by atoms with Gasteiger partial charge in [0.1, 0.15) is 0 Å². The Hall–Kier alpha value is -7.26. The summed E-state index contributed by atoms with van der Waals surface area (Å²) < 4.78 is 10.7. The average Bonchev–Trinajstić information content (AvgIpc) is 3.85. The highest BCUT2D eigenvalue weighted by molar-refractivity contribution is 6.12. The van der Waals surface area contributed by atoms with Crippen molar-refractivity contribution in [1.82, 2.24) is 39.5 Å². The van der Waals surface area contributed by atoms with Crippen LogP contribution < -0.4 is 0 Å². The minimum Gasteiger partial charge on any atom is -0.453 e. The Labute approximate surface area is 289 Å². The normalized spacial score (nSPS) is 11.9. The van der Waals surface area contributed by atoms with Gasteiger partial charge in [-0.3, -0.25) is 9.97 Å². The summed E-state index contributed by atoms with van der Waals surface area (Å²) in [6.45, 7) is 0. The summed E-state index contributed by atoms with van der Waals surface area (Å²) >= 11 is 0. The molecule has 0 bridgehead atoms. The number of hydrogen-bond donors (Lipinski definition) is 0. The second kappa shape index (κ2) is 10.6. The highest BCUT2D eigenvalue weighted by atomic mass is 16.3. The van der Waals surface area contributed by atoms with Gasteiger partial charge in [-0.2, -0.15) is 20.4 Å². The van der Waals surface area contributed by atoms with Gasteiger partial charge < -0.3 is 13.6 Å². The van der Waals surface area contributed by atoms with E-state index in [1.54, 1.807) is 0 Å². The highest BCUT2D eigenvalue weighted by Gasteiger charge is 2.18. The summed E-state index contributed by atoms with van der Waals surface area (Å²) in [5.74, 6) is 0. The SMILES string of the molecule is c1ccc(-n2c3cnncc3c3ccc(-c4cc5c(cn4)oc4cnc(-c6ccc7c8cnncc8n(-c8ccccc8)c7c6)cc45)cc32)cc1. The highest BCUT2D eigenvalue weighted by Crippen LogP contribution is 2.38. The van der Waals surface area contributed by atoms with E-state index in [0.717, 1.165) is 88.3 Å². The van der Waals surface area contributed by atoms with Gasteiger partial charge in [-0.15, -0.1) is 0 Å². The van der Waals surface area contributed by atoms with E-state index < -0.39 is 0 Å². The van der Waals surface area contributed by atoms with Gasteiger partial charge in [0, 0.05) is 54.8 Å². The Balaban J connectivity index is 1.07. The molecule has 0 fully saturated rings. The number of nitrogens with zero attached hydrogens (tertiary/aromatic N) is 8. The number of furan rings is 1. The van der Waals surface area contributed by atoms with E-state index in [4.69, 9.17) is 14.4 Å². The zero-order valence-corrected chi connectivity index (χ0v) is 26.8. The Bertz CT molecular complexity index is 2930. The molecule has 7 aromatic heterocycles. The molecule has 11 aromatic rings. The third-order valence-corrected chi connectivity index (χ3v) is 9.82. The summed E-state index contributed by atoms with van der Waals surface area (Å²) in [7, 11) is 0. The van der Waals surface area contributed by atoms with Gasteiger partial charge >= 0.3 is 0 Å². The van der Waals surface area contributed by atoms with Crippen LogP contribution in [0.4, 0.5) is 0 Å². The molecule has 0 amide bonds. The van der Waals surface area contributed by atoms with E-state index in [1.165, 1.54) is 0 Å². The van der Waals surface area contributed by atoms with Crippen LogP contribution in [0.5, 0.6) is 0 Å². The molecule has 0 aliphatic carbocycles. The van der Waals surface area contributed by atoms with E-state index in [1.807, 2.05) is 73.6 Å². The Morgan fingerprint density at radius 1 is 0.373 bits per heavy atom. The van der Waals surface area contributed by atoms with E-state index in [0.29, 0.717) is 11.2 Å². The Morgan fingerprint density at radius 2 is 0.824 bits per heavy atom. The van der Waals surface area contributed by atoms with Gasteiger partial charge in [-0.05, 0) is 48.5 Å². The van der Waals surface area contributed by atoms with Crippen LogP contribution in [0.2, 0.25) is 0 Å². The predicted octanol–water partition coefficient (Wildman–Crippen LogP) is 9.48. The van der Waals surface area contributed by atoms with Crippen molar-refractivity contribution in [1.29, 1.82) is 0 Å². The quantitative estimate of drug-likeness (QED) is 0.186. The maximum absolute atomic E-state index is 6.25. The lowest BCUT2D eigenvalue weighted by Crippen LogP contribution is -1.94. The molecule has 9 nitrogen and oxygen atoms in total. The number of aromatic nitrogens is 8. The van der Waals surface area contributed by atoms with Crippen molar-refractivity contribution in [3.63, 3.8) is 0 Å². The van der Waals surface area contributed by atoms with Crippen LogP contribution in [0.15, 0.2) is 151 Å². The van der Waals surface area contributed by atoms with Crippen LogP contribution in [-0.4, -0.2) is 39.5 Å². The van der Waals surface area contributed by atoms with E-state index in [9.17, 15) is 0 Å².